The van der Waals surface area contributed by atoms with Crippen LogP contribution in [0, 0.1) is 0 Å². The molecule has 0 aliphatic heterocycles. The second kappa shape index (κ2) is 7.21. The lowest BCUT2D eigenvalue weighted by Gasteiger charge is -2.05. The molecule has 7 heteroatoms. The first-order valence-corrected chi connectivity index (χ1v) is 5.72. The van der Waals surface area contributed by atoms with Crippen molar-refractivity contribution in [2.24, 2.45) is 0 Å². The third-order valence-electron chi connectivity index (χ3n) is 2.12. The van der Waals surface area contributed by atoms with Crippen LogP contribution in [0.15, 0.2) is 12.4 Å². The quantitative estimate of drug-likeness (QED) is 0.649. The lowest BCUT2D eigenvalue weighted by atomic mass is 10.4. The highest BCUT2D eigenvalue weighted by molar-refractivity contribution is 5.94. The molecular weight excluding hydrogens is 234 g/mol. The summed E-state index contributed by atoms with van der Waals surface area (Å²) < 4.78 is 0. The minimum atomic E-state index is -0.420. The molecule has 0 spiro atoms. The lowest BCUT2D eigenvalue weighted by molar-refractivity contribution is -0.120. The molecule has 0 saturated carbocycles. The Kier molecular flexibility index (Phi) is 5.56. The Balaban J connectivity index is 2.42. The van der Waals surface area contributed by atoms with Gasteiger partial charge >= 0.3 is 0 Å². The van der Waals surface area contributed by atoms with Gasteiger partial charge in [0, 0.05) is 13.6 Å². The van der Waals surface area contributed by atoms with Crippen molar-refractivity contribution >= 4 is 17.6 Å². The van der Waals surface area contributed by atoms with Crippen molar-refractivity contribution in [2.45, 2.75) is 13.3 Å². The van der Waals surface area contributed by atoms with E-state index >= 15 is 0 Å². The number of aromatic nitrogens is 2. The van der Waals surface area contributed by atoms with E-state index in [0.29, 0.717) is 12.4 Å². The van der Waals surface area contributed by atoms with Crippen LogP contribution in [0.1, 0.15) is 23.8 Å². The van der Waals surface area contributed by atoms with Gasteiger partial charge in [-0.15, -0.1) is 0 Å². The van der Waals surface area contributed by atoms with Crippen LogP contribution >= 0.6 is 0 Å². The molecular formula is C11H17N5O2. The predicted octanol–water partition coefficient (Wildman–Crippen LogP) is -0.226. The van der Waals surface area contributed by atoms with Crippen molar-refractivity contribution in [3.63, 3.8) is 0 Å². The van der Waals surface area contributed by atoms with Gasteiger partial charge in [0.1, 0.15) is 11.5 Å². The van der Waals surface area contributed by atoms with E-state index in [2.05, 4.69) is 25.9 Å². The third-order valence-corrected chi connectivity index (χ3v) is 2.12. The number of nitrogens with one attached hydrogen (secondary N) is 3. The maximum atomic E-state index is 11.6. The van der Waals surface area contributed by atoms with Crippen LogP contribution in [0.4, 0.5) is 5.82 Å². The average Bonchev–Trinajstić information content (AvgIpc) is 2.42. The normalized spacial score (nSPS) is 9.67. The van der Waals surface area contributed by atoms with Crippen LogP contribution < -0.4 is 16.0 Å². The number of amides is 2. The molecule has 0 fully saturated rings. The molecule has 2 amide bonds. The van der Waals surface area contributed by atoms with Gasteiger partial charge in [0.25, 0.3) is 5.91 Å². The Labute approximate surface area is 105 Å². The van der Waals surface area contributed by atoms with E-state index in [1.807, 2.05) is 6.92 Å². The standard InChI is InChI=1S/C11H17N5O2/c1-3-4-13-10(17)7-16-11(18)8-5-15-9(12-2)6-14-8/h5-6H,3-4,7H2,1-2H3,(H,12,15)(H,13,17)(H,16,18). The first-order chi connectivity index (χ1) is 8.67. The van der Waals surface area contributed by atoms with E-state index in [1.165, 1.54) is 12.4 Å². The van der Waals surface area contributed by atoms with Gasteiger partial charge < -0.3 is 16.0 Å². The summed E-state index contributed by atoms with van der Waals surface area (Å²) in [7, 11) is 1.71. The number of hydrogen-bond donors (Lipinski definition) is 3. The maximum Gasteiger partial charge on any atom is 0.271 e. The van der Waals surface area contributed by atoms with E-state index in [1.54, 1.807) is 7.05 Å². The zero-order valence-electron chi connectivity index (χ0n) is 10.5. The van der Waals surface area contributed by atoms with Crippen LogP contribution in [-0.4, -0.2) is 41.9 Å². The van der Waals surface area contributed by atoms with Crippen molar-refractivity contribution in [3.05, 3.63) is 18.1 Å². The molecule has 18 heavy (non-hydrogen) atoms. The molecule has 98 valence electrons. The van der Waals surface area contributed by atoms with E-state index in [4.69, 9.17) is 0 Å². The Morgan fingerprint density at radius 1 is 1.22 bits per heavy atom. The molecule has 1 aromatic heterocycles. The molecule has 0 radical (unpaired) electrons. The summed E-state index contributed by atoms with van der Waals surface area (Å²) >= 11 is 0. The number of carbonyl (C=O) groups excluding carboxylic acids is 2. The van der Waals surface area contributed by atoms with E-state index < -0.39 is 5.91 Å². The molecule has 0 bridgehead atoms. The maximum absolute atomic E-state index is 11.6. The Hall–Kier alpha value is -2.18. The number of anilines is 1. The fraction of sp³-hybridized carbons (Fsp3) is 0.455. The minimum absolute atomic E-state index is 0.0612. The molecule has 0 aliphatic rings. The van der Waals surface area contributed by atoms with Crippen molar-refractivity contribution in [1.29, 1.82) is 0 Å². The summed E-state index contributed by atoms with van der Waals surface area (Å²) in [5.41, 5.74) is 0.178. The summed E-state index contributed by atoms with van der Waals surface area (Å²) in [4.78, 5) is 30.8. The number of carbonyl (C=O) groups is 2. The number of rotatable bonds is 6. The highest BCUT2D eigenvalue weighted by atomic mass is 16.2. The molecule has 1 aromatic rings. The molecule has 1 heterocycles. The summed E-state index contributed by atoms with van der Waals surface area (Å²) in [6.07, 6.45) is 3.66. The van der Waals surface area contributed by atoms with Crippen molar-refractivity contribution in [2.75, 3.05) is 25.5 Å². The lowest BCUT2D eigenvalue weighted by Crippen LogP contribution is -2.37. The molecule has 0 aromatic carbocycles. The summed E-state index contributed by atoms with van der Waals surface area (Å²) in [6.45, 7) is 2.50. The molecule has 0 saturated heterocycles. The van der Waals surface area contributed by atoms with Gasteiger partial charge in [-0.2, -0.15) is 0 Å². The van der Waals surface area contributed by atoms with E-state index in [9.17, 15) is 9.59 Å². The second-order valence-corrected chi connectivity index (χ2v) is 3.57. The first-order valence-electron chi connectivity index (χ1n) is 5.72. The smallest absolute Gasteiger partial charge is 0.271 e. The van der Waals surface area contributed by atoms with E-state index in [-0.39, 0.29) is 18.1 Å². The Bertz CT molecular complexity index is 404. The highest BCUT2D eigenvalue weighted by Crippen LogP contribution is 1.98. The fourth-order valence-electron chi connectivity index (χ4n) is 1.15. The Morgan fingerprint density at radius 2 is 2.00 bits per heavy atom. The van der Waals surface area contributed by atoms with Crippen LogP contribution in [0.25, 0.3) is 0 Å². The van der Waals surface area contributed by atoms with Gasteiger partial charge in [0.2, 0.25) is 5.91 Å². The van der Waals surface area contributed by atoms with Gasteiger partial charge in [0.15, 0.2) is 0 Å². The SMILES string of the molecule is CCCNC(=O)CNC(=O)c1cnc(NC)cn1. The second-order valence-electron chi connectivity index (χ2n) is 3.57. The highest BCUT2D eigenvalue weighted by Gasteiger charge is 2.09. The molecule has 0 aliphatic carbocycles. The van der Waals surface area contributed by atoms with Crippen molar-refractivity contribution in [3.8, 4) is 0 Å². The monoisotopic (exact) mass is 251 g/mol. The Morgan fingerprint density at radius 3 is 2.56 bits per heavy atom. The van der Waals surface area contributed by atoms with E-state index in [0.717, 1.165) is 6.42 Å². The molecule has 0 unspecified atom stereocenters. The fourth-order valence-corrected chi connectivity index (χ4v) is 1.15. The van der Waals surface area contributed by atoms with Gasteiger partial charge in [-0.3, -0.25) is 9.59 Å². The van der Waals surface area contributed by atoms with Crippen LogP contribution in [-0.2, 0) is 4.79 Å². The number of hydrogen-bond acceptors (Lipinski definition) is 5. The molecule has 3 N–H and O–H groups in total. The molecule has 1 rings (SSSR count). The van der Waals surface area contributed by atoms with Crippen molar-refractivity contribution < 1.29 is 9.59 Å². The predicted molar refractivity (Wildman–Crippen MR) is 67.2 cm³/mol. The van der Waals surface area contributed by atoms with Gasteiger partial charge in [-0.1, -0.05) is 6.92 Å². The minimum Gasteiger partial charge on any atom is -0.372 e. The summed E-state index contributed by atoms with van der Waals surface area (Å²) in [5.74, 6) is -0.0611. The third kappa shape index (κ3) is 4.36. The summed E-state index contributed by atoms with van der Waals surface area (Å²) in [6, 6.07) is 0. The topological polar surface area (TPSA) is 96.0 Å². The van der Waals surface area contributed by atoms with Crippen LogP contribution in [0.2, 0.25) is 0 Å². The van der Waals surface area contributed by atoms with Gasteiger partial charge in [-0.05, 0) is 6.42 Å². The van der Waals surface area contributed by atoms with Gasteiger partial charge in [0.05, 0.1) is 18.9 Å². The summed E-state index contributed by atoms with van der Waals surface area (Å²) in [5, 5.41) is 7.93. The molecule has 0 atom stereocenters. The first kappa shape index (κ1) is 13.9. The van der Waals surface area contributed by atoms with Crippen LogP contribution in [0.3, 0.4) is 0 Å². The molecule has 7 nitrogen and oxygen atoms in total. The van der Waals surface area contributed by atoms with Crippen molar-refractivity contribution in [1.82, 2.24) is 20.6 Å². The zero-order chi connectivity index (χ0) is 13.4. The number of nitrogens with zero attached hydrogens (tertiary/aromatic N) is 2. The average molecular weight is 251 g/mol. The largest absolute Gasteiger partial charge is 0.372 e. The van der Waals surface area contributed by atoms with Crippen LogP contribution in [0.5, 0.6) is 0 Å². The zero-order valence-corrected chi connectivity index (χ0v) is 10.5. The van der Waals surface area contributed by atoms with Gasteiger partial charge in [-0.25, -0.2) is 9.97 Å².